The van der Waals surface area contributed by atoms with Crippen LogP contribution in [-0.4, -0.2) is 12.5 Å². The van der Waals surface area contributed by atoms with Gasteiger partial charge in [-0.15, -0.1) is 0 Å². The first kappa shape index (κ1) is 14.2. The minimum absolute atomic E-state index is 0.0953. The van der Waals surface area contributed by atoms with Crippen LogP contribution in [0.5, 0.6) is 0 Å². The van der Waals surface area contributed by atoms with E-state index in [4.69, 9.17) is 28.9 Å². The van der Waals surface area contributed by atoms with Crippen molar-refractivity contribution < 1.29 is 9.18 Å². The van der Waals surface area contributed by atoms with Crippen LogP contribution < -0.4 is 11.1 Å². The zero-order valence-corrected chi connectivity index (χ0v) is 11.0. The maximum Gasteiger partial charge on any atom is 0.242 e. The second-order valence-electron chi connectivity index (χ2n) is 3.77. The van der Waals surface area contributed by atoms with E-state index in [-0.39, 0.29) is 15.6 Å². The molecule has 6 heteroatoms. The number of benzene rings is 1. The van der Waals surface area contributed by atoms with Crippen molar-refractivity contribution in [2.45, 2.75) is 19.4 Å². The summed E-state index contributed by atoms with van der Waals surface area (Å²) in [4.78, 5) is 11.5. The monoisotopic (exact) mass is 278 g/mol. The third kappa shape index (κ3) is 2.70. The summed E-state index contributed by atoms with van der Waals surface area (Å²) in [5.41, 5.74) is 4.38. The molecule has 3 N–H and O–H groups in total. The van der Waals surface area contributed by atoms with E-state index in [0.717, 1.165) is 6.07 Å². The lowest BCUT2D eigenvalue weighted by Crippen LogP contribution is -2.50. The smallest absolute Gasteiger partial charge is 0.242 e. The Labute approximate surface area is 109 Å². The highest BCUT2D eigenvalue weighted by atomic mass is 35.5. The molecule has 0 aliphatic heterocycles. The van der Waals surface area contributed by atoms with Crippen molar-refractivity contribution in [2.75, 3.05) is 6.54 Å². The van der Waals surface area contributed by atoms with Crippen molar-refractivity contribution >= 4 is 29.1 Å². The largest absolute Gasteiger partial charge is 0.368 e. The molecule has 0 aliphatic carbocycles. The Morgan fingerprint density at radius 3 is 2.53 bits per heavy atom. The predicted molar refractivity (Wildman–Crippen MR) is 66.6 cm³/mol. The van der Waals surface area contributed by atoms with Crippen LogP contribution in [0.2, 0.25) is 10.0 Å². The minimum Gasteiger partial charge on any atom is -0.368 e. The Morgan fingerprint density at radius 2 is 2.06 bits per heavy atom. The maximum atomic E-state index is 13.4. The molecule has 1 unspecified atom stereocenters. The average molecular weight is 279 g/mol. The van der Waals surface area contributed by atoms with Crippen molar-refractivity contribution in [3.8, 4) is 0 Å². The minimum atomic E-state index is -1.22. The Balaban J connectivity index is 3.38. The van der Waals surface area contributed by atoms with E-state index in [9.17, 15) is 9.18 Å². The maximum absolute atomic E-state index is 13.4. The highest BCUT2D eigenvalue weighted by molar-refractivity contribution is 6.35. The van der Waals surface area contributed by atoms with E-state index in [1.165, 1.54) is 6.07 Å². The van der Waals surface area contributed by atoms with Crippen molar-refractivity contribution in [1.29, 1.82) is 0 Å². The molecule has 3 nitrogen and oxygen atoms in total. The fourth-order valence-electron chi connectivity index (χ4n) is 1.57. The van der Waals surface area contributed by atoms with Crippen molar-refractivity contribution in [2.24, 2.45) is 5.73 Å². The molecule has 0 bridgehead atoms. The summed E-state index contributed by atoms with van der Waals surface area (Å²) in [5, 5.41) is 2.99. The van der Waals surface area contributed by atoms with Crippen LogP contribution in [0.3, 0.4) is 0 Å². The third-order valence-electron chi connectivity index (χ3n) is 2.57. The zero-order chi connectivity index (χ0) is 13.2. The fourth-order valence-corrected chi connectivity index (χ4v) is 2.15. The molecule has 0 aliphatic rings. The first-order valence-corrected chi connectivity index (χ1v) is 5.78. The summed E-state index contributed by atoms with van der Waals surface area (Å²) in [6.07, 6.45) is 0. The van der Waals surface area contributed by atoms with Gasteiger partial charge in [0.2, 0.25) is 5.91 Å². The summed E-state index contributed by atoms with van der Waals surface area (Å²) < 4.78 is 13.4. The molecule has 1 rings (SSSR count). The van der Waals surface area contributed by atoms with Crippen LogP contribution in [0.4, 0.5) is 4.39 Å². The summed E-state index contributed by atoms with van der Waals surface area (Å²) in [5.74, 6) is -1.28. The second-order valence-corrected chi connectivity index (χ2v) is 4.58. The van der Waals surface area contributed by atoms with Crippen LogP contribution in [0, 0.1) is 5.82 Å². The Hall–Kier alpha value is -0.840. The van der Waals surface area contributed by atoms with Crippen LogP contribution >= 0.6 is 23.2 Å². The van der Waals surface area contributed by atoms with E-state index in [1.807, 2.05) is 0 Å². The molecule has 1 aromatic carbocycles. The number of hydrogen-bond donors (Lipinski definition) is 2. The molecule has 0 saturated carbocycles. The standard InChI is InChI=1S/C11H13Cl2FN2O/c1-3-16-11(2,10(15)17)6-4-9(14)8(13)5-7(6)12/h4-5,16H,3H2,1-2H3,(H2,15,17). The van der Waals surface area contributed by atoms with Gasteiger partial charge in [-0.2, -0.15) is 0 Å². The first-order chi connectivity index (χ1) is 7.82. The quantitative estimate of drug-likeness (QED) is 0.832. The SMILES string of the molecule is CCNC(C)(C(N)=O)c1cc(F)c(Cl)cc1Cl. The van der Waals surface area contributed by atoms with Crippen molar-refractivity contribution in [3.63, 3.8) is 0 Å². The summed E-state index contributed by atoms with van der Waals surface area (Å²) in [6, 6.07) is 2.38. The molecule has 1 amide bonds. The van der Waals surface area contributed by atoms with Gasteiger partial charge in [-0.3, -0.25) is 4.79 Å². The zero-order valence-electron chi connectivity index (χ0n) is 9.48. The van der Waals surface area contributed by atoms with Gasteiger partial charge in [0.1, 0.15) is 11.4 Å². The van der Waals surface area contributed by atoms with E-state index in [2.05, 4.69) is 5.32 Å². The molecular weight excluding hydrogens is 266 g/mol. The molecule has 0 spiro atoms. The van der Waals surface area contributed by atoms with E-state index in [0.29, 0.717) is 6.54 Å². The topological polar surface area (TPSA) is 55.1 Å². The van der Waals surface area contributed by atoms with E-state index < -0.39 is 17.3 Å². The second kappa shape index (κ2) is 5.21. The molecular formula is C11H13Cl2FN2O. The number of hydrogen-bond acceptors (Lipinski definition) is 2. The number of rotatable bonds is 4. The Bertz CT molecular complexity index is 453. The fraction of sp³-hybridized carbons (Fsp3) is 0.364. The highest BCUT2D eigenvalue weighted by Gasteiger charge is 2.34. The number of nitrogens with two attached hydrogens (primary N) is 1. The van der Waals surface area contributed by atoms with Gasteiger partial charge >= 0.3 is 0 Å². The number of nitrogens with one attached hydrogen (secondary N) is 1. The van der Waals surface area contributed by atoms with Gasteiger partial charge < -0.3 is 11.1 Å². The predicted octanol–water partition coefficient (Wildman–Crippen LogP) is 2.44. The van der Waals surface area contributed by atoms with Gasteiger partial charge in [0, 0.05) is 10.6 Å². The molecule has 17 heavy (non-hydrogen) atoms. The van der Waals surface area contributed by atoms with Gasteiger partial charge in [-0.1, -0.05) is 30.1 Å². The molecule has 0 fully saturated rings. The molecule has 1 atom stereocenters. The first-order valence-electron chi connectivity index (χ1n) is 5.03. The molecule has 94 valence electrons. The van der Waals surface area contributed by atoms with Crippen LogP contribution in [0.25, 0.3) is 0 Å². The summed E-state index contributed by atoms with van der Waals surface area (Å²) >= 11 is 11.6. The third-order valence-corrected chi connectivity index (χ3v) is 3.17. The van der Waals surface area contributed by atoms with Gasteiger partial charge in [-0.05, 0) is 25.6 Å². The number of halogens is 3. The van der Waals surface area contributed by atoms with Crippen molar-refractivity contribution in [3.05, 3.63) is 33.6 Å². The number of amides is 1. The summed E-state index contributed by atoms with van der Waals surface area (Å²) in [7, 11) is 0. The van der Waals surface area contributed by atoms with Crippen LogP contribution in [0.1, 0.15) is 19.4 Å². The number of carbonyl (C=O) groups is 1. The molecule has 0 radical (unpaired) electrons. The lowest BCUT2D eigenvalue weighted by Gasteiger charge is -2.28. The Kier molecular flexibility index (Phi) is 4.36. The molecule has 1 aromatic rings. The van der Waals surface area contributed by atoms with Gasteiger partial charge in [0.15, 0.2) is 0 Å². The average Bonchev–Trinajstić information content (AvgIpc) is 2.23. The van der Waals surface area contributed by atoms with E-state index in [1.54, 1.807) is 13.8 Å². The Morgan fingerprint density at radius 1 is 1.47 bits per heavy atom. The molecule has 0 saturated heterocycles. The van der Waals surface area contributed by atoms with Crippen LogP contribution in [-0.2, 0) is 10.3 Å². The molecule has 0 aromatic heterocycles. The lowest BCUT2D eigenvalue weighted by atomic mass is 9.91. The van der Waals surface area contributed by atoms with Gasteiger partial charge in [0.25, 0.3) is 0 Å². The molecule has 0 heterocycles. The highest BCUT2D eigenvalue weighted by Crippen LogP contribution is 2.32. The van der Waals surface area contributed by atoms with Crippen molar-refractivity contribution in [1.82, 2.24) is 5.32 Å². The summed E-state index contributed by atoms with van der Waals surface area (Å²) in [6.45, 7) is 3.84. The van der Waals surface area contributed by atoms with Crippen LogP contribution in [0.15, 0.2) is 12.1 Å². The van der Waals surface area contributed by atoms with E-state index >= 15 is 0 Å². The lowest BCUT2D eigenvalue weighted by molar-refractivity contribution is -0.124. The van der Waals surface area contributed by atoms with Gasteiger partial charge in [-0.25, -0.2) is 4.39 Å². The number of carbonyl (C=O) groups excluding carboxylic acids is 1. The number of likely N-dealkylation sites (N-methyl/N-ethyl adjacent to an activating group) is 1. The normalized spacial score (nSPS) is 14.4. The van der Waals surface area contributed by atoms with Gasteiger partial charge in [0.05, 0.1) is 5.02 Å². The number of primary amides is 1.